The zero-order chi connectivity index (χ0) is 22.9. The number of urea groups is 1. The summed E-state index contributed by atoms with van der Waals surface area (Å²) in [6.07, 6.45) is 0.226. The van der Waals surface area contributed by atoms with Gasteiger partial charge in [0.1, 0.15) is 5.82 Å². The molecule has 0 radical (unpaired) electrons. The molecule has 0 aliphatic carbocycles. The fourth-order valence-corrected chi connectivity index (χ4v) is 5.03. The van der Waals surface area contributed by atoms with Crippen LogP contribution in [0.5, 0.6) is 0 Å². The van der Waals surface area contributed by atoms with E-state index >= 15 is 0 Å². The van der Waals surface area contributed by atoms with Crippen LogP contribution in [-0.2, 0) is 11.2 Å². The molecule has 2 N–H and O–H groups in total. The molecule has 2 heterocycles. The Bertz CT molecular complexity index is 1190. The molecule has 1 saturated heterocycles. The van der Waals surface area contributed by atoms with Gasteiger partial charge in [0.25, 0.3) is 0 Å². The molecule has 3 aromatic carbocycles. The minimum absolute atomic E-state index is 0.0663. The fourth-order valence-electron chi connectivity index (χ4n) is 5.03. The van der Waals surface area contributed by atoms with Crippen molar-refractivity contribution in [2.45, 2.75) is 24.4 Å². The molecule has 0 bridgehead atoms. The lowest BCUT2D eigenvalue weighted by Gasteiger charge is -2.58. The fraction of sp³-hybridized carbons (Fsp3) is 0.231. The van der Waals surface area contributed by atoms with E-state index < -0.39 is 11.8 Å². The van der Waals surface area contributed by atoms with Crippen molar-refractivity contribution < 1.29 is 19.1 Å². The number of benzene rings is 3. The Hall–Kier alpha value is -3.71. The van der Waals surface area contributed by atoms with Crippen molar-refractivity contribution in [1.82, 2.24) is 4.90 Å². The molecular weight excluding hydrogens is 421 g/mol. The lowest BCUT2D eigenvalue weighted by atomic mass is 9.71. The van der Waals surface area contributed by atoms with Gasteiger partial charge in [-0.15, -0.1) is 0 Å². The van der Waals surface area contributed by atoms with Crippen LogP contribution < -0.4 is 10.2 Å². The third kappa shape index (κ3) is 3.74. The lowest BCUT2D eigenvalue weighted by Crippen LogP contribution is -2.71. The smallest absolute Gasteiger partial charge is 0.326 e. The second-order valence-electron chi connectivity index (χ2n) is 8.39. The average Bonchev–Trinajstić information content (AvgIpc) is 2.81. The molecule has 0 unspecified atom stereocenters. The first-order valence-corrected chi connectivity index (χ1v) is 11.0. The highest BCUT2D eigenvalue weighted by atomic mass is 19.1. The summed E-state index contributed by atoms with van der Waals surface area (Å²) in [6.45, 7) is 0.108. The number of nitrogens with zero attached hydrogens (tertiary/aromatic N) is 2. The van der Waals surface area contributed by atoms with E-state index in [1.807, 2.05) is 54.6 Å². The van der Waals surface area contributed by atoms with Crippen molar-refractivity contribution >= 4 is 23.3 Å². The Morgan fingerprint density at radius 3 is 2.42 bits per heavy atom. The number of hydrogen-bond acceptors (Lipinski definition) is 3. The molecule has 6 nitrogen and oxygen atoms in total. The number of halogens is 1. The zero-order valence-electron chi connectivity index (χ0n) is 17.9. The summed E-state index contributed by atoms with van der Waals surface area (Å²) in [5.74, 6) is -0.670. The summed E-state index contributed by atoms with van der Waals surface area (Å²) < 4.78 is 14.1. The number of carbonyl (C=O) groups excluding carboxylic acids is 2. The molecule has 2 aliphatic heterocycles. The summed E-state index contributed by atoms with van der Waals surface area (Å²) in [4.78, 5) is 29.6. The van der Waals surface area contributed by atoms with Crippen LogP contribution in [0.15, 0.2) is 78.9 Å². The number of aliphatic hydroxyl groups is 1. The highest BCUT2D eigenvalue weighted by Crippen LogP contribution is 2.48. The molecule has 2 aliphatic rings. The van der Waals surface area contributed by atoms with Crippen molar-refractivity contribution in [2.75, 3.05) is 23.4 Å². The maximum atomic E-state index is 14.1. The van der Waals surface area contributed by atoms with Gasteiger partial charge in [-0.05, 0) is 29.3 Å². The van der Waals surface area contributed by atoms with E-state index in [0.29, 0.717) is 5.69 Å². The van der Waals surface area contributed by atoms with Gasteiger partial charge in [0.15, 0.2) is 0 Å². The largest absolute Gasteiger partial charge is 0.394 e. The van der Waals surface area contributed by atoms with Gasteiger partial charge in [0.05, 0.1) is 30.8 Å². The monoisotopic (exact) mass is 445 g/mol. The van der Waals surface area contributed by atoms with Crippen LogP contribution in [0.2, 0.25) is 0 Å². The van der Waals surface area contributed by atoms with Gasteiger partial charge in [0.2, 0.25) is 5.91 Å². The third-order valence-corrected chi connectivity index (χ3v) is 6.53. The first-order valence-electron chi connectivity index (χ1n) is 11.0. The molecule has 0 saturated carbocycles. The van der Waals surface area contributed by atoms with Gasteiger partial charge in [-0.25, -0.2) is 9.18 Å². The number of nitrogens with one attached hydrogen (secondary N) is 1. The van der Waals surface area contributed by atoms with Crippen molar-refractivity contribution in [1.29, 1.82) is 0 Å². The Morgan fingerprint density at radius 1 is 0.970 bits per heavy atom. The number of hydrogen-bond donors (Lipinski definition) is 2. The number of rotatable bonds is 4. The van der Waals surface area contributed by atoms with Crippen LogP contribution in [-0.4, -0.2) is 47.2 Å². The van der Waals surface area contributed by atoms with E-state index in [0.717, 1.165) is 11.1 Å². The Morgan fingerprint density at radius 2 is 1.67 bits per heavy atom. The molecule has 1 fully saturated rings. The molecule has 5 rings (SSSR count). The van der Waals surface area contributed by atoms with Crippen molar-refractivity contribution in [2.24, 2.45) is 0 Å². The second-order valence-corrected chi connectivity index (χ2v) is 8.39. The summed E-state index contributed by atoms with van der Waals surface area (Å²) in [5, 5.41) is 12.8. The predicted molar refractivity (Wildman–Crippen MR) is 124 cm³/mol. The highest BCUT2D eigenvalue weighted by molar-refractivity contribution is 6.03. The molecule has 3 aromatic rings. The Kier molecular flexibility index (Phi) is 5.56. The van der Waals surface area contributed by atoms with Gasteiger partial charge in [-0.2, -0.15) is 0 Å². The van der Waals surface area contributed by atoms with Crippen molar-refractivity contribution in [3.63, 3.8) is 0 Å². The lowest BCUT2D eigenvalue weighted by molar-refractivity contribution is -0.149. The van der Waals surface area contributed by atoms with E-state index in [2.05, 4.69) is 5.32 Å². The summed E-state index contributed by atoms with van der Waals surface area (Å²) in [5.41, 5.74) is 2.61. The Labute approximate surface area is 191 Å². The van der Waals surface area contributed by atoms with E-state index in [9.17, 15) is 19.1 Å². The molecule has 3 amide bonds. The van der Waals surface area contributed by atoms with Crippen LogP contribution in [0.4, 0.5) is 20.6 Å². The molecule has 0 aromatic heterocycles. The number of fused-ring (bicyclic) bond motifs is 3. The zero-order valence-corrected chi connectivity index (χ0v) is 17.9. The first kappa shape index (κ1) is 21.2. The topological polar surface area (TPSA) is 72.9 Å². The molecular formula is C26H24FN3O3. The Balaban J connectivity index is 1.43. The summed E-state index contributed by atoms with van der Waals surface area (Å²) >= 11 is 0. The van der Waals surface area contributed by atoms with Crippen LogP contribution in [0.25, 0.3) is 0 Å². The minimum atomic E-state index is -0.516. The highest BCUT2D eigenvalue weighted by Gasteiger charge is 2.55. The SMILES string of the molecule is O=C(Nc1ccccc1F)N1C[C@@H]2[C@H](c3ccccc31)[C@@H](CO)N2C(=O)Cc1ccccc1. The van der Waals surface area contributed by atoms with Gasteiger partial charge < -0.3 is 15.3 Å². The van der Waals surface area contributed by atoms with Gasteiger partial charge in [0, 0.05) is 18.2 Å². The molecule has 7 heteroatoms. The van der Waals surface area contributed by atoms with Crippen molar-refractivity contribution in [3.05, 3.63) is 95.8 Å². The number of amides is 3. The molecule has 168 valence electrons. The average molecular weight is 445 g/mol. The van der Waals surface area contributed by atoms with Crippen LogP contribution >= 0.6 is 0 Å². The normalized spacial score (nSPS) is 21.0. The second kappa shape index (κ2) is 8.67. The maximum absolute atomic E-state index is 14.1. The quantitative estimate of drug-likeness (QED) is 0.642. The number of likely N-dealkylation sites (tertiary alicyclic amines) is 1. The summed E-state index contributed by atoms with van der Waals surface area (Å²) in [6, 6.07) is 21.9. The first-order chi connectivity index (χ1) is 16.1. The number of aliphatic hydroxyl groups excluding tert-OH is 1. The molecule has 0 spiro atoms. The van der Waals surface area contributed by atoms with Gasteiger partial charge >= 0.3 is 6.03 Å². The van der Waals surface area contributed by atoms with E-state index in [4.69, 9.17) is 0 Å². The van der Waals surface area contributed by atoms with Crippen LogP contribution in [0, 0.1) is 5.82 Å². The molecule has 3 atom stereocenters. The summed E-state index contributed by atoms with van der Waals surface area (Å²) in [7, 11) is 0. The minimum Gasteiger partial charge on any atom is -0.394 e. The number of anilines is 2. The third-order valence-electron chi connectivity index (χ3n) is 6.53. The van der Waals surface area contributed by atoms with Crippen LogP contribution in [0.1, 0.15) is 17.0 Å². The van der Waals surface area contributed by atoms with E-state index in [1.54, 1.807) is 21.9 Å². The van der Waals surface area contributed by atoms with Crippen molar-refractivity contribution in [3.8, 4) is 0 Å². The standard InChI is InChI=1S/C26H24FN3O3/c27-19-11-5-6-12-20(19)28-26(33)29-15-22-25(18-10-4-7-13-21(18)29)23(16-31)30(22)24(32)14-17-8-2-1-3-9-17/h1-13,22-23,25,31H,14-16H2,(H,28,33)/t22-,23-,25+/m1/s1. The maximum Gasteiger partial charge on any atom is 0.326 e. The predicted octanol–water partition coefficient (Wildman–Crippen LogP) is 3.78. The number of carbonyl (C=O) groups is 2. The van der Waals surface area contributed by atoms with Crippen LogP contribution in [0.3, 0.4) is 0 Å². The molecule has 33 heavy (non-hydrogen) atoms. The van der Waals surface area contributed by atoms with E-state index in [1.165, 1.54) is 12.1 Å². The number of para-hydroxylation sites is 2. The van der Waals surface area contributed by atoms with E-state index in [-0.39, 0.29) is 49.2 Å². The van der Waals surface area contributed by atoms with Gasteiger partial charge in [-0.3, -0.25) is 9.69 Å². The van der Waals surface area contributed by atoms with Gasteiger partial charge in [-0.1, -0.05) is 60.7 Å².